The third kappa shape index (κ3) is 3.52. The van der Waals surface area contributed by atoms with E-state index in [-0.39, 0.29) is 11.5 Å². The summed E-state index contributed by atoms with van der Waals surface area (Å²) >= 11 is 0. The quantitative estimate of drug-likeness (QED) is 0.315. The Morgan fingerprint density at radius 1 is 0.344 bits per heavy atom. The van der Waals surface area contributed by atoms with Crippen molar-refractivity contribution in [2.75, 3.05) is 0 Å². The fourth-order valence-electron chi connectivity index (χ4n) is 4.27. The molecular weight excluding hydrogens is 392 g/mol. The van der Waals surface area contributed by atoms with Gasteiger partial charge in [-0.05, 0) is 39.9 Å². The van der Waals surface area contributed by atoms with Crippen LogP contribution in [0, 0.1) is 0 Å². The van der Waals surface area contributed by atoms with Gasteiger partial charge in [-0.25, -0.2) is 0 Å². The third-order valence-corrected chi connectivity index (χ3v) is 5.69. The molecule has 0 aliphatic heterocycles. The number of para-hydroxylation sites is 1. The van der Waals surface area contributed by atoms with E-state index in [2.05, 4.69) is 24.3 Å². The Hall–Kier alpha value is -4.30. The molecule has 0 aromatic heterocycles. The summed E-state index contributed by atoms with van der Waals surface area (Å²) in [5, 5.41) is 22.0. The molecule has 5 rings (SSSR count). The van der Waals surface area contributed by atoms with Gasteiger partial charge >= 0.3 is 0 Å². The van der Waals surface area contributed by atoms with Gasteiger partial charge in [0.2, 0.25) is 0 Å². The van der Waals surface area contributed by atoms with E-state index in [4.69, 9.17) is 0 Å². The highest BCUT2D eigenvalue weighted by Crippen LogP contribution is 2.51. The van der Waals surface area contributed by atoms with Gasteiger partial charge in [0.05, 0.1) is 0 Å². The summed E-state index contributed by atoms with van der Waals surface area (Å²) in [5.41, 5.74) is 7.08. The maximum absolute atomic E-state index is 11.3. The molecule has 0 radical (unpaired) electrons. The van der Waals surface area contributed by atoms with Gasteiger partial charge in [-0.1, -0.05) is 109 Å². The van der Waals surface area contributed by atoms with Gasteiger partial charge in [-0.3, -0.25) is 0 Å². The van der Waals surface area contributed by atoms with Crippen molar-refractivity contribution in [3.63, 3.8) is 0 Å². The monoisotopic (exact) mass is 414 g/mol. The Morgan fingerprint density at radius 3 is 1.38 bits per heavy atom. The first-order valence-electron chi connectivity index (χ1n) is 10.6. The molecule has 0 spiro atoms. The van der Waals surface area contributed by atoms with Crippen molar-refractivity contribution < 1.29 is 10.2 Å². The largest absolute Gasteiger partial charge is 0.507 e. The van der Waals surface area contributed by atoms with E-state index >= 15 is 0 Å². The third-order valence-electron chi connectivity index (χ3n) is 5.69. The summed E-state index contributed by atoms with van der Waals surface area (Å²) < 4.78 is 0. The molecule has 2 N–H and O–H groups in total. The average molecular weight is 415 g/mol. The van der Waals surface area contributed by atoms with Gasteiger partial charge < -0.3 is 10.2 Å². The summed E-state index contributed by atoms with van der Waals surface area (Å²) in [4.78, 5) is 0. The van der Waals surface area contributed by atoms with Crippen LogP contribution in [0.25, 0.3) is 44.5 Å². The molecule has 0 unspecified atom stereocenters. The lowest BCUT2D eigenvalue weighted by molar-refractivity contribution is 0.469. The zero-order valence-corrected chi connectivity index (χ0v) is 17.4. The molecule has 0 heterocycles. The number of aromatic hydroxyl groups is 2. The number of benzene rings is 5. The summed E-state index contributed by atoms with van der Waals surface area (Å²) in [7, 11) is 0. The van der Waals surface area contributed by atoms with Crippen molar-refractivity contribution in [1.29, 1.82) is 0 Å². The molecule has 5 aromatic rings. The zero-order valence-electron chi connectivity index (χ0n) is 17.4. The number of hydrogen-bond acceptors (Lipinski definition) is 2. The Bertz CT molecular complexity index is 1360. The molecule has 0 fully saturated rings. The van der Waals surface area contributed by atoms with E-state index in [9.17, 15) is 10.2 Å². The van der Waals surface area contributed by atoms with Gasteiger partial charge in [0.25, 0.3) is 0 Å². The second kappa shape index (κ2) is 8.44. The number of rotatable bonds is 4. The van der Waals surface area contributed by atoms with E-state index in [1.807, 2.05) is 84.9 Å². The smallest absolute Gasteiger partial charge is 0.124 e. The number of hydrogen-bond donors (Lipinski definition) is 2. The van der Waals surface area contributed by atoms with Crippen LogP contribution in [0.4, 0.5) is 0 Å². The Morgan fingerprint density at radius 2 is 0.812 bits per heavy atom. The van der Waals surface area contributed by atoms with Crippen LogP contribution in [-0.4, -0.2) is 10.2 Å². The zero-order chi connectivity index (χ0) is 21.9. The minimum absolute atomic E-state index is 0.129. The minimum atomic E-state index is 0.129. The SMILES string of the molecule is Oc1ccccc1-c1c(O)cc(-c2ccccc2)c(-c2ccccc2)c1-c1ccccc1. The highest BCUT2D eigenvalue weighted by atomic mass is 16.3. The van der Waals surface area contributed by atoms with Crippen molar-refractivity contribution in [3.05, 3.63) is 121 Å². The van der Waals surface area contributed by atoms with Crippen molar-refractivity contribution in [3.8, 4) is 56.0 Å². The van der Waals surface area contributed by atoms with E-state index in [1.165, 1.54) is 0 Å². The lowest BCUT2D eigenvalue weighted by Gasteiger charge is -2.22. The summed E-state index contributed by atoms with van der Waals surface area (Å²) in [6, 6.07) is 39.3. The molecule has 32 heavy (non-hydrogen) atoms. The van der Waals surface area contributed by atoms with Crippen molar-refractivity contribution in [2.24, 2.45) is 0 Å². The highest BCUT2D eigenvalue weighted by Gasteiger charge is 2.23. The Kier molecular flexibility index (Phi) is 5.19. The van der Waals surface area contributed by atoms with Crippen molar-refractivity contribution >= 4 is 0 Å². The second-order valence-corrected chi connectivity index (χ2v) is 7.68. The molecule has 0 atom stereocenters. The molecule has 5 aromatic carbocycles. The molecule has 2 nitrogen and oxygen atoms in total. The molecule has 2 heteroatoms. The molecular formula is C30H22O2. The second-order valence-electron chi connectivity index (χ2n) is 7.68. The molecule has 0 saturated heterocycles. The maximum Gasteiger partial charge on any atom is 0.124 e. The molecule has 154 valence electrons. The number of phenolic OH excluding ortho intramolecular Hbond substituents is 2. The fraction of sp³-hybridized carbons (Fsp3) is 0. The van der Waals surface area contributed by atoms with Gasteiger partial charge in [-0.15, -0.1) is 0 Å². The van der Waals surface area contributed by atoms with Gasteiger partial charge in [0.15, 0.2) is 0 Å². The van der Waals surface area contributed by atoms with E-state index in [0.717, 1.165) is 33.4 Å². The predicted octanol–water partition coefficient (Wildman–Crippen LogP) is 7.77. The van der Waals surface area contributed by atoms with E-state index in [1.54, 1.807) is 12.1 Å². The van der Waals surface area contributed by atoms with Crippen LogP contribution in [0.1, 0.15) is 0 Å². The summed E-state index contributed by atoms with van der Waals surface area (Å²) in [6.45, 7) is 0. The lowest BCUT2D eigenvalue weighted by Crippen LogP contribution is -1.95. The van der Waals surface area contributed by atoms with Gasteiger partial charge in [-0.2, -0.15) is 0 Å². The van der Waals surface area contributed by atoms with Gasteiger partial charge in [0.1, 0.15) is 11.5 Å². The van der Waals surface area contributed by atoms with Crippen LogP contribution in [0.15, 0.2) is 121 Å². The first-order chi connectivity index (χ1) is 15.7. The first-order valence-corrected chi connectivity index (χ1v) is 10.6. The number of phenols is 2. The maximum atomic E-state index is 11.3. The van der Waals surface area contributed by atoms with Crippen LogP contribution in [0.2, 0.25) is 0 Å². The van der Waals surface area contributed by atoms with Crippen LogP contribution >= 0.6 is 0 Å². The molecule has 0 amide bonds. The van der Waals surface area contributed by atoms with Crippen LogP contribution in [0.3, 0.4) is 0 Å². The highest BCUT2D eigenvalue weighted by molar-refractivity contribution is 6.04. The predicted molar refractivity (Wildman–Crippen MR) is 132 cm³/mol. The normalized spacial score (nSPS) is 10.8. The van der Waals surface area contributed by atoms with E-state index < -0.39 is 0 Å². The van der Waals surface area contributed by atoms with Crippen LogP contribution in [-0.2, 0) is 0 Å². The van der Waals surface area contributed by atoms with Crippen molar-refractivity contribution in [1.82, 2.24) is 0 Å². The fourth-order valence-corrected chi connectivity index (χ4v) is 4.27. The Balaban J connectivity index is 1.97. The van der Waals surface area contributed by atoms with Gasteiger partial charge in [0, 0.05) is 16.7 Å². The first kappa shape index (κ1) is 19.7. The molecule has 0 saturated carbocycles. The van der Waals surface area contributed by atoms with E-state index in [0.29, 0.717) is 11.1 Å². The minimum Gasteiger partial charge on any atom is -0.507 e. The lowest BCUT2D eigenvalue weighted by atomic mass is 9.82. The summed E-state index contributed by atoms with van der Waals surface area (Å²) in [5.74, 6) is 0.260. The topological polar surface area (TPSA) is 40.5 Å². The Labute approximate surface area is 187 Å². The standard InChI is InChI=1S/C30H22O2/c31-26-19-11-10-18-24(26)30-27(32)20-25(21-12-4-1-5-13-21)28(22-14-6-2-7-15-22)29(30)23-16-8-3-9-17-23/h1-20,31-32H. The van der Waals surface area contributed by atoms with Crippen LogP contribution < -0.4 is 0 Å². The molecule has 0 aliphatic rings. The molecule has 0 aliphatic carbocycles. The average Bonchev–Trinajstić information content (AvgIpc) is 2.85. The van der Waals surface area contributed by atoms with Crippen LogP contribution in [0.5, 0.6) is 11.5 Å². The van der Waals surface area contributed by atoms with Crippen molar-refractivity contribution in [2.45, 2.75) is 0 Å². The molecule has 0 bridgehead atoms. The summed E-state index contributed by atoms with van der Waals surface area (Å²) in [6.07, 6.45) is 0.